The lowest BCUT2D eigenvalue weighted by molar-refractivity contribution is 0.365. The first kappa shape index (κ1) is 11.5. The summed E-state index contributed by atoms with van der Waals surface area (Å²) in [6.07, 6.45) is 10.1. The summed E-state index contributed by atoms with van der Waals surface area (Å²) in [5.74, 6) is 0. The molecule has 5 nitrogen and oxygen atoms in total. The third-order valence-electron chi connectivity index (χ3n) is 3.67. The molecule has 3 rings (SSSR count). The van der Waals surface area contributed by atoms with E-state index in [2.05, 4.69) is 10.4 Å². The summed E-state index contributed by atoms with van der Waals surface area (Å²) >= 11 is 0. The molecule has 1 aliphatic rings. The molecular weight excluding hydrogens is 228 g/mol. The molecule has 2 aromatic rings. The number of aryl methyl sites for hydroxylation is 1. The van der Waals surface area contributed by atoms with E-state index in [0.717, 1.165) is 19.5 Å². The van der Waals surface area contributed by atoms with Gasteiger partial charge in [0.15, 0.2) is 0 Å². The van der Waals surface area contributed by atoms with Gasteiger partial charge in [0.2, 0.25) is 0 Å². The third-order valence-corrected chi connectivity index (χ3v) is 3.67. The van der Waals surface area contributed by atoms with Crippen molar-refractivity contribution < 1.29 is 0 Å². The second kappa shape index (κ2) is 4.94. The van der Waals surface area contributed by atoms with Crippen LogP contribution in [0.3, 0.4) is 0 Å². The molecule has 1 unspecified atom stereocenters. The molecule has 1 fully saturated rings. The van der Waals surface area contributed by atoms with Gasteiger partial charge < -0.3 is 9.88 Å². The van der Waals surface area contributed by atoms with Crippen LogP contribution in [0.2, 0.25) is 0 Å². The summed E-state index contributed by atoms with van der Waals surface area (Å²) in [6.45, 7) is 1.89. The van der Waals surface area contributed by atoms with Crippen LogP contribution < -0.4 is 10.9 Å². The van der Waals surface area contributed by atoms with Crippen LogP contribution in [0.4, 0.5) is 0 Å². The molecule has 0 saturated carbocycles. The Morgan fingerprint density at radius 1 is 1.39 bits per heavy atom. The van der Waals surface area contributed by atoms with Gasteiger partial charge in [-0.3, -0.25) is 4.79 Å². The lowest BCUT2D eigenvalue weighted by atomic mass is 10.0. The average Bonchev–Trinajstić information content (AvgIpc) is 2.88. The van der Waals surface area contributed by atoms with Gasteiger partial charge in [0, 0.05) is 25.0 Å². The molecular formula is C13H18N4O. The Bertz CT molecular complexity index is 580. The van der Waals surface area contributed by atoms with E-state index in [1.54, 1.807) is 21.3 Å². The standard InChI is InChI=1S/C13H18N4O/c18-13-12-4-7-15-17(12)10-9-16(13)8-5-11-3-1-2-6-14-11/h4,7,9-11,14H,1-3,5-6,8H2. The number of piperidine rings is 1. The van der Waals surface area contributed by atoms with Gasteiger partial charge in [0.05, 0.1) is 6.20 Å². The van der Waals surface area contributed by atoms with Crippen molar-refractivity contribution in [3.05, 3.63) is 35.0 Å². The minimum atomic E-state index is 0.0470. The van der Waals surface area contributed by atoms with Crippen LogP contribution >= 0.6 is 0 Å². The topological polar surface area (TPSA) is 51.3 Å². The summed E-state index contributed by atoms with van der Waals surface area (Å²) in [5.41, 5.74) is 0.694. The van der Waals surface area contributed by atoms with E-state index in [0.29, 0.717) is 11.6 Å². The molecule has 3 heterocycles. The molecule has 0 bridgehead atoms. The lowest BCUT2D eigenvalue weighted by Crippen LogP contribution is -2.35. The fourth-order valence-corrected chi connectivity index (χ4v) is 2.60. The van der Waals surface area contributed by atoms with Gasteiger partial charge >= 0.3 is 0 Å². The first-order valence-electron chi connectivity index (χ1n) is 6.61. The highest BCUT2D eigenvalue weighted by atomic mass is 16.1. The minimum absolute atomic E-state index is 0.0470. The van der Waals surface area contributed by atoms with Crippen molar-refractivity contribution in [2.75, 3.05) is 6.54 Å². The van der Waals surface area contributed by atoms with Crippen LogP contribution in [0.15, 0.2) is 29.5 Å². The Labute approximate surface area is 105 Å². The zero-order valence-electron chi connectivity index (χ0n) is 10.4. The van der Waals surface area contributed by atoms with Gasteiger partial charge in [-0.15, -0.1) is 0 Å². The molecule has 0 aliphatic carbocycles. The van der Waals surface area contributed by atoms with E-state index < -0.39 is 0 Å². The SMILES string of the molecule is O=c1c2ccnn2ccn1CCC1CCCCN1. The second-order valence-corrected chi connectivity index (χ2v) is 4.89. The molecule has 1 N–H and O–H groups in total. The van der Waals surface area contributed by atoms with Crippen LogP contribution in [-0.2, 0) is 6.54 Å². The molecule has 1 saturated heterocycles. The molecule has 0 aromatic carbocycles. The first-order chi connectivity index (χ1) is 8.84. The van der Waals surface area contributed by atoms with Crippen molar-refractivity contribution in [1.29, 1.82) is 0 Å². The fraction of sp³-hybridized carbons (Fsp3) is 0.538. The molecule has 5 heteroatoms. The first-order valence-corrected chi connectivity index (χ1v) is 6.61. The van der Waals surface area contributed by atoms with Crippen LogP contribution in [0, 0.1) is 0 Å². The summed E-state index contributed by atoms with van der Waals surface area (Å²) in [6, 6.07) is 2.32. The third kappa shape index (κ3) is 2.18. The summed E-state index contributed by atoms with van der Waals surface area (Å²) < 4.78 is 3.41. The number of hydrogen-bond donors (Lipinski definition) is 1. The molecule has 0 spiro atoms. The molecule has 18 heavy (non-hydrogen) atoms. The quantitative estimate of drug-likeness (QED) is 0.880. The largest absolute Gasteiger partial charge is 0.314 e. The molecule has 1 aliphatic heterocycles. The fourth-order valence-electron chi connectivity index (χ4n) is 2.60. The molecule has 2 aromatic heterocycles. The van der Waals surface area contributed by atoms with Crippen molar-refractivity contribution in [3.8, 4) is 0 Å². The van der Waals surface area contributed by atoms with Crippen molar-refractivity contribution in [3.63, 3.8) is 0 Å². The van der Waals surface area contributed by atoms with E-state index in [9.17, 15) is 4.79 Å². The van der Waals surface area contributed by atoms with E-state index in [-0.39, 0.29) is 5.56 Å². The molecule has 96 valence electrons. The Morgan fingerprint density at radius 3 is 3.17 bits per heavy atom. The Morgan fingerprint density at radius 2 is 2.33 bits per heavy atom. The van der Waals surface area contributed by atoms with E-state index in [1.165, 1.54) is 19.3 Å². The molecule has 0 amide bonds. The number of nitrogens with one attached hydrogen (secondary N) is 1. The van der Waals surface area contributed by atoms with Gasteiger partial charge in [0.25, 0.3) is 5.56 Å². The number of fused-ring (bicyclic) bond motifs is 1. The van der Waals surface area contributed by atoms with E-state index >= 15 is 0 Å². The molecule has 1 atom stereocenters. The van der Waals surface area contributed by atoms with E-state index in [1.807, 2.05) is 12.4 Å². The maximum absolute atomic E-state index is 12.1. The van der Waals surface area contributed by atoms with Gasteiger partial charge in [-0.2, -0.15) is 5.10 Å². The van der Waals surface area contributed by atoms with Gasteiger partial charge in [0.1, 0.15) is 5.52 Å². The number of hydrogen-bond acceptors (Lipinski definition) is 3. The highest BCUT2D eigenvalue weighted by molar-refractivity contribution is 5.42. The predicted molar refractivity (Wildman–Crippen MR) is 69.7 cm³/mol. The predicted octanol–water partition coefficient (Wildman–Crippen LogP) is 1.03. The normalized spacial score (nSPS) is 20.3. The van der Waals surface area contributed by atoms with Crippen molar-refractivity contribution in [2.45, 2.75) is 38.3 Å². The summed E-state index contributed by atoms with van der Waals surface area (Å²) in [7, 11) is 0. The highest BCUT2D eigenvalue weighted by Gasteiger charge is 2.12. The van der Waals surface area contributed by atoms with Crippen molar-refractivity contribution >= 4 is 5.52 Å². The number of rotatable bonds is 3. The van der Waals surface area contributed by atoms with Gasteiger partial charge in [-0.1, -0.05) is 6.42 Å². The smallest absolute Gasteiger partial charge is 0.276 e. The van der Waals surface area contributed by atoms with Gasteiger partial charge in [-0.05, 0) is 31.9 Å². The van der Waals surface area contributed by atoms with Crippen LogP contribution in [0.25, 0.3) is 5.52 Å². The Hall–Kier alpha value is -1.62. The summed E-state index contributed by atoms with van der Waals surface area (Å²) in [4.78, 5) is 12.1. The minimum Gasteiger partial charge on any atom is -0.314 e. The van der Waals surface area contributed by atoms with Crippen LogP contribution in [0.1, 0.15) is 25.7 Å². The zero-order chi connectivity index (χ0) is 12.4. The second-order valence-electron chi connectivity index (χ2n) is 4.89. The van der Waals surface area contributed by atoms with Gasteiger partial charge in [-0.25, -0.2) is 4.52 Å². The maximum atomic E-state index is 12.1. The van der Waals surface area contributed by atoms with Crippen LogP contribution in [0.5, 0.6) is 0 Å². The van der Waals surface area contributed by atoms with Crippen LogP contribution in [-0.4, -0.2) is 26.8 Å². The highest BCUT2D eigenvalue weighted by Crippen LogP contribution is 2.10. The number of aromatic nitrogens is 3. The average molecular weight is 246 g/mol. The number of nitrogens with zero attached hydrogens (tertiary/aromatic N) is 3. The zero-order valence-corrected chi connectivity index (χ0v) is 10.4. The monoisotopic (exact) mass is 246 g/mol. The van der Waals surface area contributed by atoms with Crippen molar-refractivity contribution in [1.82, 2.24) is 19.5 Å². The lowest BCUT2D eigenvalue weighted by Gasteiger charge is -2.23. The summed E-state index contributed by atoms with van der Waals surface area (Å²) in [5, 5.41) is 7.57. The maximum Gasteiger partial charge on any atom is 0.276 e. The van der Waals surface area contributed by atoms with E-state index in [4.69, 9.17) is 0 Å². The van der Waals surface area contributed by atoms with Crippen molar-refractivity contribution in [2.24, 2.45) is 0 Å². The Balaban J connectivity index is 1.74. The molecule has 0 radical (unpaired) electrons. The Kier molecular flexibility index (Phi) is 3.15.